The van der Waals surface area contributed by atoms with E-state index in [-0.39, 0.29) is 0 Å². The summed E-state index contributed by atoms with van der Waals surface area (Å²) < 4.78 is 0. The quantitative estimate of drug-likeness (QED) is 0.614. The van der Waals surface area contributed by atoms with E-state index in [0.29, 0.717) is 0 Å². The van der Waals surface area contributed by atoms with Crippen LogP contribution in [0.4, 0.5) is 0 Å². The third-order valence-electron chi connectivity index (χ3n) is 1.84. The average Bonchev–Trinajstić information content (AvgIpc) is 2.34. The van der Waals surface area contributed by atoms with Crippen molar-refractivity contribution in [1.29, 1.82) is 0 Å². The Morgan fingerprint density at radius 1 is 1.36 bits per heavy atom. The van der Waals surface area contributed by atoms with Gasteiger partial charge in [-0.25, -0.2) is 0 Å². The molecule has 0 saturated heterocycles. The van der Waals surface area contributed by atoms with E-state index in [1.54, 1.807) is 6.20 Å². The summed E-state index contributed by atoms with van der Waals surface area (Å²) in [6.45, 7) is 3.99. The zero-order chi connectivity index (χ0) is 7.84. The summed E-state index contributed by atoms with van der Waals surface area (Å²) in [6, 6.07) is 1.91. The van der Waals surface area contributed by atoms with Gasteiger partial charge in [-0.1, -0.05) is 0 Å². The monoisotopic (exact) mass is 147 g/mol. The molecule has 2 heterocycles. The fraction of sp³-hybridized carbons (Fsp3) is 0.250. The molecule has 11 heavy (non-hydrogen) atoms. The van der Waals surface area contributed by atoms with Gasteiger partial charge in [-0.05, 0) is 19.9 Å². The molecule has 2 aromatic heterocycles. The molecule has 0 aromatic carbocycles. The number of nitrogens with zero attached hydrogens (tertiary/aromatic N) is 2. The van der Waals surface area contributed by atoms with Crippen molar-refractivity contribution in [2.45, 2.75) is 13.8 Å². The van der Waals surface area contributed by atoms with Crippen LogP contribution in [0.3, 0.4) is 0 Å². The van der Waals surface area contributed by atoms with Gasteiger partial charge in [0, 0.05) is 23.0 Å². The molecule has 0 aliphatic rings. The second-order valence-electron chi connectivity index (χ2n) is 2.64. The Balaban J connectivity index is 2.96. The Morgan fingerprint density at radius 3 is 2.91 bits per heavy atom. The minimum atomic E-state index is 0.995. The molecule has 0 amide bonds. The van der Waals surface area contributed by atoms with Gasteiger partial charge in [0.05, 0.1) is 5.52 Å². The molecule has 3 heteroatoms. The smallest absolute Gasteiger partial charge is 0.0957 e. The number of nitrogens with one attached hydrogen (secondary N) is 1. The lowest BCUT2D eigenvalue weighted by Gasteiger charge is -1.92. The molecule has 1 N–H and O–H groups in total. The minimum absolute atomic E-state index is 0.995. The highest BCUT2D eigenvalue weighted by Crippen LogP contribution is 2.16. The molecule has 0 bridgehead atoms. The van der Waals surface area contributed by atoms with E-state index in [9.17, 15) is 0 Å². The third kappa shape index (κ3) is 0.808. The summed E-state index contributed by atoms with van der Waals surface area (Å²) in [7, 11) is 0. The average molecular weight is 147 g/mol. The number of H-pyrrole nitrogens is 1. The van der Waals surface area contributed by atoms with Crippen molar-refractivity contribution < 1.29 is 0 Å². The van der Waals surface area contributed by atoms with E-state index in [2.05, 4.69) is 15.2 Å². The van der Waals surface area contributed by atoms with E-state index < -0.39 is 0 Å². The third-order valence-corrected chi connectivity index (χ3v) is 1.84. The van der Waals surface area contributed by atoms with E-state index >= 15 is 0 Å². The molecule has 0 aliphatic carbocycles. The van der Waals surface area contributed by atoms with Gasteiger partial charge in [0.25, 0.3) is 0 Å². The van der Waals surface area contributed by atoms with Crippen LogP contribution in [0.2, 0.25) is 0 Å². The van der Waals surface area contributed by atoms with Crippen molar-refractivity contribution in [2.75, 3.05) is 0 Å². The second kappa shape index (κ2) is 2.05. The van der Waals surface area contributed by atoms with Gasteiger partial charge >= 0.3 is 0 Å². The first-order chi connectivity index (χ1) is 5.29. The predicted molar refractivity (Wildman–Crippen MR) is 43.4 cm³/mol. The van der Waals surface area contributed by atoms with Gasteiger partial charge < -0.3 is 0 Å². The predicted octanol–water partition coefficient (Wildman–Crippen LogP) is 1.57. The Morgan fingerprint density at radius 2 is 2.18 bits per heavy atom. The molecule has 0 radical (unpaired) electrons. The largest absolute Gasteiger partial charge is 0.282 e. The fourth-order valence-electron chi connectivity index (χ4n) is 1.31. The lowest BCUT2D eigenvalue weighted by Crippen LogP contribution is -1.81. The molecule has 0 saturated carbocycles. The molecule has 0 fully saturated rings. The second-order valence-corrected chi connectivity index (χ2v) is 2.64. The summed E-state index contributed by atoms with van der Waals surface area (Å²) in [6.07, 6.45) is 1.78. The standard InChI is InChI=1S/C8H9N3/c1-5-8-6(2)10-11-7(8)3-4-9-5/h3-4H,1-2H3,(H,10,11). The zero-order valence-corrected chi connectivity index (χ0v) is 6.55. The molecular weight excluding hydrogens is 138 g/mol. The number of fused-ring (bicyclic) bond motifs is 1. The van der Waals surface area contributed by atoms with Gasteiger partial charge in [-0.3, -0.25) is 10.1 Å². The fourth-order valence-corrected chi connectivity index (χ4v) is 1.31. The van der Waals surface area contributed by atoms with Crippen LogP contribution in [0.1, 0.15) is 11.4 Å². The number of hydrogen-bond donors (Lipinski definition) is 1. The van der Waals surface area contributed by atoms with Crippen LogP contribution in [0.5, 0.6) is 0 Å². The van der Waals surface area contributed by atoms with Crippen LogP contribution < -0.4 is 0 Å². The van der Waals surface area contributed by atoms with Crippen molar-refractivity contribution in [3.05, 3.63) is 23.7 Å². The van der Waals surface area contributed by atoms with Gasteiger partial charge in [0.2, 0.25) is 0 Å². The Hall–Kier alpha value is -1.38. The first-order valence-corrected chi connectivity index (χ1v) is 3.55. The normalized spacial score (nSPS) is 10.7. The van der Waals surface area contributed by atoms with Crippen LogP contribution in [-0.2, 0) is 0 Å². The Labute approximate surface area is 64.5 Å². The van der Waals surface area contributed by atoms with Crippen molar-refractivity contribution in [2.24, 2.45) is 0 Å². The van der Waals surface area contributed by atoms with E-state index in [1.807, 2.05) is 19.9 Å². The van der Waals surface area contributed by atoms with Crippen LogP contribution >= 0.6 is 0 Å². The molecule has 0 aliphatic heterocycles. The van der Waals surface area contributed by atoms with Crippen molar-refractivity contribution in [1.82, 2.24) is 15.2 Å². The van der Waals surface area contributed by atoms with Crippen molar-refractivity contribution in [3.63, 3.8) is 0 Å². The van der Waals surface area contributed by atoms with Crippen LogP contribution in [0.15, 0.2) is 12.3 Å². The zero-order valence-electron chi connectivity index (χ0n) is 6.55. The molecular formula is C8H9N3. The summed E-state index contributed by atoms with van der Waals surface area (Å²) in [5.74, 6) is 0. The number of pyridine rings is 1. The summed E-state index contributed by atoms with van der Waals surface area (Å²) >= 11 is 0. The first-order valence-electron chi connectivity index (χ1n) is 3.55. The van der Waals surface area contributed by atoms with Crippen molar-refractivity contribution in [3.8, 4) is 0 Å². The SMILES string of the molecule is Cc1nccc2n[nH]c(C)c12. The molecule has 56 valence electrons. The maximum absolute atomic E-state index is 4.18. The molecule has 0 spiro atoms. The Bertz CT molecular complexity index is 389. The number of aromatic nitrogens is 3. The highest BCUT2D eigenvalue weighted by Gasteiger charge is 2.02. The topological polar surface area (TPSA) is 41.6 Å². The number of aromatic amines is 1. The summed E-state index contributed by atoms with van der Waals surface area (Å²) in [5, 5.41) is 8.19. The maximum Gasteiger partial charge on any atom is 0.0957 e. The van der Waals surface area contributed by atoms with Crippen LogP contribution in [0, 0.1) is 13.8 Å². The number of rotatable bonds is 0. The highest BCUT2D eigenvalue weighted by atomic mass is 15.1. The summed E-state index contributed by atoms with van der Waals surface area (Å²) in [4.78, 5) is 4.18. The minimum Gasteiger partial charge on any atom is -0.282 e. The van der Waals surface area contributed by atoms with Gasteiger partial charge in [0.15, 0.2) is 0 Å². The van der Waals surface area contributed by atoms with E-state index in [1.165, 1.54) is 0 Å². The van der Waals surface area contributed by atoms with Gasteiger partial charge in [-0.2, -0.15) is 5.10 Å². The maximum atomic E-state index is 4.18. The highest BCUT2D eigenvalue weighted by molar-refractivity contribution is 5.82. The van der Waals surface area contributed by atoms with Crippen molar-refractivity contribution >= 4 is 10.9 Å². The lowest BCUT2D eigenvalue weighted by molar-refractivity contribution is 1.07. The molecule has 0 atom stereocenters. The number of hydrogen-bond acceptors (Lipinski definition) is 2. The molecule has 0 unspecified atom stereocenters. The first kappa shape index (κ1) is 6.34. The van der Waals surface area contributed by atoms with Crippen LogP contribution in [-0.4, -0.2) is 15.2 Å². The Kier molecular flexibility index (Phi) is 1.18. The van der Waals surface area contributed by atoms with Gasteiger partial charge in [0.1, 0.15) is 0 Å². The molecule has 2 aromatic rings. The van der Waals surface area contributed by atoms with Crippen LogP contribution in [0.25, 0.3) is 10.9 Å². The molecule has 3 nitrogen and oxygen atoms in total. The van der Waals surface area contributed by atoms with Gasteiger partial charge in [-0.15, -0.1) is 0 Å². The van der Waals surface area contributed by atoms with E-state index in [4.69, 9.17) is 0 Å². The van der Waals surface area contributed by atoms with E-state index in [0.717, 1.165) is 22.3 Å². The number of aryl methyl sites for hydroxylation is 2. The molecule has 2 rings (SSSR count). The summed E-state index contributed by atoms with van der Waals surface area (Å²) in [5.41, 5.74) is 3.12. The lowest BCUT2D eigenvalue weighted by atomic mass is 10.2.